The molecule has 7 heteroatoms. The van der Waals surface area contributed by atoms with Gasteiger partial charge in [-0.1, -0.05) is 30.3 Å². The van der Waals surface area contributed by atoms with E-state index in [1.807, 2.05) is 55.5 Å². The molecular formula is C28H31N3O4. The van der Waals surface area contributed by atoms with Crippen LogP contribution >= 0.6 is 0 Å². The summed E-state index contributed by atoms with van der Waals surface area (Å²) in [6.07, 6.45) is 2.96. The maximum Gasteiger partial charge on any atom is 0.327 e. The van der Waals surface area contributed by atoms with Crippen LogP contribution in [-0.4, -0.2) is 58.9 Å². The fourth-order valence-electron chi connectivity index (χ4n) is 5.40. The molecule has 1 aromatic heterocycles. The highest BCUT2D eigenvalue weighted by Gasteiger charge is 2.57. The molecule has 2 aliphatic heterocycles. The lowest BCUT2D eigenvalue weighted by atomic mass is 9.85. The predicted molar refractivity (Wildman–Crippen MR) is 133 cm³/mol. The van der Waals surface area contributed by atoms with E-state index >= 15 is 0 Å². The van der Waals surface area contributed by atoms with Crippen molar-refractivity contribution in [2.45, 2.75) is 38.4 Å². The van der Waals surface area contributed by atoms with Gasteiger partial charge < -0.3 is 14.1 Å². The molecule has 0 atom stereocenters. The zero-order valence-electron chi connectivity index (χ0n) is 20.3. The molecule has 182 valence electrons. The molecule has 0 unspecified atom stereocenters. The van der Waals surface area contributed by atoms with Crippen LogP contribution in [0.3, 0.4) is 0 Å². The minimum Gasteiger partial charge on any atom is -0.497 e. The van der Waals surface area contributed by atoms with E-state index in [4.69, 9.17) is 9.15 Å². The average molecular weight is 474 g/mol. The second-order valence-corrected chi connectivity index (χ2v) is 9.26. The first-order chi connectivity index (χ1) is 17.0. The summed E-state index contributed by atoms with van der Waals surface area (Å²) in [7, 11) is 1.61. The summed E-state index contributed by atoms with van der Waals surface area (Å²) in [6.45, 7) is 5.04. The van der Waals surface area contributed by atoms with Crippen LogP contribution in [0.5, 0.6) is 5.75 Å². The van der Waals surface area contributed by atoms with Gasteiger partial charge in [-0.15, -0.1) is 0 Å². The Morgan fingerprint density at radius 2 is 1.69 bits per heavy atom. The molecule has 35 heavy (non-hydrogen) atoms. The van der Waals surface area contributed by atoms with Crippen molar-refractivity contribution in [3.63, 3.8) is 0 Å². The summed E-state index contributed by atoms with van der Waals surface area (Å²) < 4.78 is 10.8. The van der Waals surface area contributed by atoms with Gasteiger partial charge in [0.05, 0.1) is 19.9 Å². The average Bonchev–Trinajstić information content (AvgIpc) is 3.49. The molecule has 2 aromatic carbocycles. The molecule has 2 aliphatic rings. The van der Waals surface area contributed by atoms with Gasteiger partial charge in [-0.05, 0) is 61.2 Å². The van der Waals surface area contributed by atoms with E-state index in [9.17, 15) is 9.59 Å². The zero-order chi connectivity index (χ0) is 24.4. The van der Waals surface area contributed by atoms with Crippen LogP contribution < -0.4 is 4.74 Å². The monoisotopic (exact) mass is 473 g/mol. The third-order valence-corrected chi connectivity index (χ3v) is 7.23. The lowest BCUT2D eigenvalue weighted by Crippen LogP contribution is -2.56. The Kier molecular flexibility index (Phi) is 6.34. The Morgan fingerprint density at radius 1 is 0.943 bits per heavy atom. The van der Waals surface area contributed by atoms with Crippen molar-refractivity contribution in [2.75, 3.05) is 26.7 Å². The number of hydrogen-bond donors (Lipinski definition) is 0. The molecule has 0 bridgehead atoms. The number of furan rings is 1. The fraction of sp³-hybridized carbons (Fsp3) is 0.357. The smallest absolute Gasteiger partial charge is 0.327 e. The van der Waals surface area contributed by atoms with Gasteiger partial charge in [0.2, 0.25) is 0 Å². The topological polar surface area (TPSA) is 66.2 Å². The van der Waals surface area contributed by atoms with Crippen LogP contribution in [0, 0.1) is 0 Å². The molecule has 2 fully saturated rings. The number of ether oxygens (including phenoxy) is 1. The number of nitrogens with zero attached hydrogens (tertiary/aromatic N) is 3. The van der Waals surface area contributed by atoms with Crippen molar-refractivity contribution in [3.05, 3.63) is 78.1 Å². The fourth-order valence-corrected chi connectivity index (χ4v) is 5.40. The Balaban J connectivity index is 1.28. The van der Waals surface area contributed by atoms with E-state index in [1.165, 1.54) is 10.5 Å². The van der Waals surface area contributed by atoms with Gasteiger partial charge in [-0.3, -0.25) is 14.6 Å². The van der Waals surface area contributed by atoms with Crippen LogP contribution in [0.1, 0.15) is 30.9 Å². The number of likely N-dealkylation sites (N-methyl/N-ethyl adjacent to an activating group) is 1. The number of carbonyl (C=O) groups excluding carboxylic acids is 2. The standard InChI is InChI=1S/C28H31N3O4/c1-3-31-27(33)30(20-22-8-5-10-24(18-22)34-2)26(32)28(31)12-14-29(15-13-28)19-21-7-4-9-23(17-21)25-11-6-16-35-25/h4-11,16-18H,3,12-15,19-20H2,1-2H3. The lowest BCUT2D eigenvalue weighted by Gasteiger charge is -2.42. The van der Waals surface area contributed by atoms with Gasteiger partial charge in [0.15, 0.2) is 0 Å². The SMILES string of the molecule is CCN1C(=O)N(Cc2cccc(OC)c2)C(=O)C12CCN(Cc1cccc(-c3ccco3)c1)CC2. The van der Waals surface area contributed by atoms with Crippen molar-refractivity contribution in [1.29, 1.82) is 0 Å². The summed E-state index contributed by atoms with van der Waals surface area (Å²) >= 11 is 0. The highest BCUT2D eigenvalue weighted by Crippen LogP contribution is 2.38. The van der Waals surface area contributed by atoms with Crippen molar-refractivity contribution in [2.24, 2.45) is 0 Å². The number of carbonyl (C=O) groups is 2. The molecule has 3 aromatic rings. The Labute approximate surface area is 205 Å². The maximum atomic E-state index is 13.7. The number of benzene rings is 2. The van der Waals surface area contributed by atoms with E-state index < -0.39 is 5.54 Å². The normalized spacial score (nSPS) is 18.0. The third kappa shape index (κ3) is 4.32. The Morgan fingerprint density at radius 3 is 2.37 bits per heavy atom. The van der Waals surface area contributed by atoms with Gasteiger partial charge in [-0.2, -0.15) is 0 Å². The summed E-state index contributed by atoms with van der Waals surface area (Å²) in [5.74, 6) is 1.49. The van der Waals surface area contributed by atoms with E-state index in [-0.39, 0.29) is 18.5 Å². The Hall–Kier alpha value is -3.58. The first kappa shape index (κ1) is 23.2. The predicted octanol–water partition coefficient (Wildman–Crippen LogP) is 4.77. The summed E-state index contributed by atoms with van der Waals surface area (Å²) in [5.41, 5.74) is 2.39. The summed E-state index contributed by atoms with van der Waals surface area (Å²) in [4.78, 5) is 32.5. The number of amides is 3. The summed E-state index contributed by atoms with van der Waals surface area (Å²) in [6, 6.07) is 19.6. The van der Waals surface area contributed by atoms with E-state index in [2.05, 4.69) is 17.0 Å². The second kappa shape index (κ2) is 9.58. The second-order valence-electron chi connectivity index (χ2n) is 9.26. The molecule has 2 saturated heterocycles. The van der Waals surface area contributed by atoms with Crippen molar-refractivity contribution in [1.82, 2.24) is 14.7 Å². The lowest BCUT2D eigenvalue weighted by molar-refractivity contribution is -0.136. The minimum absolute atomic E-state index is 0.0772. The van der Waals surface area contributed by atoms with Crippen LogP contribution in [0.4, 0.5) is 4.79 Å². The highest BCUT2D eigenvalue weighted by molar-refractivity contribution is 6.07. The number of rotatable bonds is 7. The van der Waals surface area contributed by atoms with Crippen LogP contribution in [0.15, 0.2) is 71.3 Å². The van der Waals surface area contributed by atoms with Gasteiger partial charge in [0, 0.05) is 31.7 Å². The quantitative estimate of drug-likeness (QED) is 0.463. The van der Waals surface area contributed by atoms with E-state index in [1.54, 1.807) is 18.3 Å². The molecule has 0 aliphatic carbocycles. The molecule has 3 amide bonds. The summed E-state index contributed by atoms with van der Waals surface area (Å²) in [5, 5.41) is 0. The van der Waals surface area contributed by atoms with Crippen molar-refractivity contribution >= 4 is 11.9 Å². The van der Waals surface area contributed by atoms with Crippen LogP contribution in [0.25, 0.3) is 11.3 Å². The van der Waals surface area contributed by atoms with Crippen molar-refractivity contribution < 1.29 is 18.7 Å². The molecule has 5 rings (SSSR count). The molecule has 0 radical (unpaired) electrons. The number of hydrogen-bond acceptors (Lipinski definition) is 5. The maximum absolute atomic E-state index is 13.7. The molecule has 1 spiro atoms. The molecule has 7 nitrogen and oxygen atoms in total. The number of imide groups is 1. The van der Waals surface area contributed by atoms with Gasteiger partial charge >= 0.3 is 6.03 Å². The molecular weight excluding hydrogens is 442 g/mol. The number of piperidine rings is 1. The highest BCUT2D eigenvalue weighted by atomic mass is 16.5. The minimum atomic E-state index is -0.753. The first-order valence-corrected chi connectivity index (χ1v) is 12.2. The van der Waals surface area contributed by atoms with Crippen molar-refractivity contribution in [3.8, 4) is 17.1 Å². The van der Waals surface area contributed by atoms with Gasteiger partial charge in [0.1, 0.15) is 17.0 Å². The number of urea groups is 1. The largest absolute Gasteiger partial charge is 0.497 e. The van der Waals surface area contributed by atoms with Crippen LogP contribution in [0.2, 0.25) is 0 Å². The van der Waals surface area contributed by atoms with Gasteiger partial charge in [-0.25, -0.2) is 4.79 Å². The molecule has 3 heterocycles. The number of likely N-dealkylation sites (tertiary alicyclic amines) is 1. The Bertz CT molecular complexity index is 1200. The zero-order valence-corrected chi connectivity index (χ0v) is 20.3. The van der Waals surface area contributed by atoms with Gasteiger partial charge in [0.25, 0.3) is 5.91 Å². The van der Waals surface area contributed by atoms with Crippen LogP contribution in [-0.2, 0) is 17.9 Å². The third-order valence-electron chi connectivity index (χ3n) is 7.23. The molecule has 0 saturated carbocycles. The van der Waals surface area contributed by atoms with E-state index in [0.717, 1.165) is 36.5 Å². The molecule has 0 N–H and O–H groups in total. The van der Waals surface area contributed by atoms with E-state index in [0.29, 0.717) is 25.1 Å². The number of methoxy groups -OCH3 is 1. The first-order valence-electron chi connectivity index (χ1n) is 12.2.